The van der Waals surface area contributed by atoms with E-state index in [-0.39, 0.29) is 30.4 Å². The summed E-state index contributed by atoms with van der Waals surface area (Å²) in [6, 6.07) is 13.5. The van der Waals surface area contributed by atoms with Gasteiger partial charge >= 0.3 is 6.03 Å². The van der Waals surface area contributed by atoms with Gasteiger partial charge in [0.15, 0.2) is 0 Å². The molecule has 0 radical (unpaired) electrons. The van der Waals surface area contributed by atoms with Gasteiger partial charge in [0.1, 0.15) is 12.4 Å². The lowest BCUT2D eigenvalue weighted by Gasteiger charge is -2.23. The number of urea groups is 1. The molecule has 0 atom stereocenters. The molecule has 0 aliphatic rings. The van der Waals surface area contributed by atoms with Crippen molar-refractivity contribution < 1.29 is 14.3 Å². The van der Waals surface area contributed by atoms with Crippen molar-refractivity contribution in [3.05, 3.63) is 70.4 Å². The third kappa shape index (κ3) is 6.98. The predicted octanol–water partition coefficient (Wildman–Crippen LogP) is 5.52. The number of hydrogen-bond donors (Lipinski definition) is 2. The Hall–Kier alpha value is -3.65. The molecular formula is C29H39N5O3. The largest absolute Gasteiger partial charge is 0.383 e. The van der Waals surface area contributed by atoms with Gasteiger partial charge in [0, 0.05) is 30.8 Å². The monoisotopic (exact) mass is 505 g/mol. The SMILES string of the molecule is COCCN(CC(=O)Nc1cc(C(C)(C)C)nn1-c1ccc(C)cc1C)C(=O)Nc1c(C)cccc1C. The smallest absolute Gasteiger partial charge is 0.322 e. The van der Waals surface area contributed by atoms with Crippen LogP contribution in [-0.2, 0) is 14.9 Å². The quantitative estimate of drug-likeness (QED) is 0.422. The fraction of sp³-hybridized carbons (Fsp3) is 0.414. The third-order valence-corrected chi connectivity index (χ3v) is 6.23. The second-order valence-corrected chi connectivity index (χ2v) is 10.5. The Morgan fingerprint density at radius 3 is 2.24 bits per heavy atom. The van der Waals surface area contributed by atoms with Crippen molar-refractivity contribution in [1.29, 1.82) is 0 Å². The predicted molar refractivity (Wildman–Crippen MR) is 149 cm³/mol. The zero-order valence-electron chi connectivity index (χ0n) is 23.2. The number of carbonyl (C=O) groups is 2. The number of methoxy groups -OCH3 is 1. The first-order chi connectivity index (χ1) is 17.4. The Morgan fingerprint density at radius 1 is 0.973 bits per heavy atom. The van der Waals surface area contributed by atoms with E-state index in [1.54, 1.807) is 11.8 Å². The lowest BCUT2D eigenvalue weighted by atomic mass is 9.92. The van der Waals surface area contributed by atoms with Crippen LogP contribution in [0.15, 0.2) is 42.5 Å². The topological polar surface area (TPSA) is 88.5 Å². The molecular weight excluding hydrogens is 466 g/mol. The molecule has 37 heavy (non-hydrogen) atoms. The highest BCUT2D eigenvalue weighted by Crippen LogP contribution is 2.28. The normalized spacial score (nSPS) is 11.4. The van der Waals surface area contributed by atoms with Crippen molar-refractivity contribution in [1.82, 2.24) is 14.7 Å². The highest BCUT2D eigenvalue weighted by atomic mass is 16.5. The number of aromatic nitrogens is 2. The average Bonchev–Trinajstić information content (AvgIpc) is 3.23. The molecule has 2 N–H and O–H groups in total. The minimum Gasteiger partial charge on any atom is -0.383 e. The Kier molecular flexibility index (Phi) is 8.76. The van der Waals surface area contributed by atoms with Crippen LogP contribution in [0.3, 0.4) is 0 Å². The average molecular weight is 506 g/mol. The summed E-state index contributed by atoms with van der Waals surface area (Å²) in [7, 11) is 1.57. The minimum atomic E-state index is -0.358. The Morgan fingerprint density at radius 2 is 1.65 bits per heavy atom. The van der Waals surface area contributed by atoms with Crippen LogP contribution in [-0.4, -0.2) is 53.4 Å². The molecule has 0 saturated heterocycles. The van der Waals surface area contributed by atoms with E-state index in [2.05, 4.69) is 37.5 Å². The zero-order valence-corrected chi connectivity index (χ0v) is 23.2. The number of carbonyl (C=O) groups excluding carboxylic acids is 2. The lowest BCUT2D eigenvalue weighted by Crippen LogP contribution is -2.42. The summed E-state index contributed by atoms with van der Waals surface area (Å²) in [5.41, 5.74) is 6.39. The Bertz CT molecular complexity index is 1250. The maximum Gasteiger partial charge on any atom is 0.322 e. The molecule has 0 saturated carbocycles. The maximum absolute atomic E-state index is 13.2. The summed E-state index contributed by atoms with van der Waals surface area (Å²) >= 11 is 0. The molecule has 8 heteroatoms. The van der Waals surface area contributed by atoms with Gasteiger partial charge in [0.25, 0.3) is 0 Å². The summed E-state index contributed by atoms with van der Waals surface area (Å²) < 4.78 is 6.96. The van der Waals surface area contributed by atoms with Gasteiger partial charge in [-0.1, -0.05) is 56.7 Å². The number of hydrogen-bond acceptors (Lipinski definition) is 4. The van der Waals surface area contributed by atoms with Gasteiger partial charge in [0.05, 0.1) is 18.0 Å². The highest BCUT2D eigenvalue weighted by Gasteiger charge is 2.24. The van der Waals surface area contributed by atoms with Crippen molar-refractivity contribution in [2.75, 3.05) is 37.4 Å². The van der Waals surface area contributed by atoms with Crippen LogP contribution >= 0.6 is 0 Å². The van der Waals surface area contributed by atoms with Crippen LogP contribution in [0.25, 0.3) is 5.69 Å². The van der Waals surface area contributed by atoms with Crippen molar-refractivity contribution in [2.24, 2.45) is 0 Å². The number of anilines is 2. The van der Waals surface area contributed by atoms with Crippen LogP contribution in [0.5, 0.6) is 0 Å². The van der Waals surface area contributed by atoms with Crippen LogP contribution in [0, 0.1) is 27.7 Å². The Balaban J connectivity index is 1.86. The highest BCUT2D eigenvalue weighted by molar-refractivity contribution is 5.97. The molecule has 2 aromatic carbocycles. The van der Waals surface area contributed by atoms with Crippen molar-refractivity contribution in [3.63, 3.8) is 0 Å². The molecule has 3 amide bonds. The van der Waals surface area contributed by atoms with Crippen molar-refractivity contribution >= 4 is 23.4 Å². The van der Waals surface area contributed by atoms with Crippen molar-refractivity contribution in [2.45, 2.75) is 53.9 Å². The number of nitrogens with zero attached hydrogens (tertiary/aromatic N) is 3. The van der Waals surface area contributed by atoms with E-state index < -0.39 is 0 Å². The van der Waals surface area contributed by atoms with E-state index in [0.29, 0.717) is 12.4 Å². The van der Waals surface area contributed by atoms with Gasteiger partial charge in [-0.2, -0.15) is 5.10 Å². The maximum atomic E-state index is 13.2. The second kappa shape index (κ2) is 11.6. The van der Waals surface area contributed by atoms with Gasteiger partial charge in [0.2, 0.25) is 5.91 Å². The number of amides is 3. The van der Waals surface area contributed by atoms with E-state index in [9.17, 15) is 9.59 Å². The second-order valence-electron chi connectivity index (χ2n) is 10.5. The van der Waals surface area contributed by atoms with E-state index in [4.69, 9.17) is 9.84 Å². The fourth-order valence-corrected chi connectivity index (χ4v) is 4.07. The number of ether oxygens (including phenoxy) is 1. The summed E-state index contributed by atoms with van der Waals surface area (Å²) in [6.45, 7) is 14.6. The molecule has 1 aromatic heterocycles. The molecule has 3 rings (SSSR count). The lowest BCUT2D eigenvalue weighted by molar-refractivity contribution is -0.116. The van der Waals surface area contributed by atoms with Gasteiger partial charge in [-0.05, 0) is 50.5 Å². The number of para-hydroxylation sites is 1. The zero-order chi connectivity index (χ0) is 27.3. The summed E-state index contributed by atoms with van der Waals surface area (Å²) in [6.07, 6.45) is 0. The van der Waals surface area contributed by atoms with Gasteiger partial charge in [-0.25, -0.2) is 9.48 Å². The van der Waals surface area contributed by atoms with E-state index in [1.165, 1.54) is 4.90 Å². The fourth-order valence-electron chi connectivity index (χ4n) is 4.07. The van der Waals surface area contributed by atoms with Crippen LogP contribution in [0.2, 0.25) is 0 Å². The molecule has 198 valence electrons. The molecule has 0 unspecified atom stereocenters. The molecule has 8 nitrogen and oxygen atoms in total. The van der Waals surface area contributed by atoms with E-state index >= 15 is 0 Å². The van der Waals surface area contributed by atoms with Gasteiger partial charge < -0.3 is 20.3 Å². The number of benzene rings is 2. The van der Waals surface area contributed by atoms with Crippen LogP contribution < -0.4 is 10.6 Å². The number of rotatable bonds is 8. The van der Waals surface area contributed by atoms with Gasteiger partial charge in [-0.3, -0.25) is 4.79 Å². The van der Waals surface area contributed by atoms with E-state index in [0.717, 1.165) is 39.3 Å². The molecule has 0 fully saturated rings. The summed E-state index contributed by atoms with van der Waals surface area (Å²) in [5.74, 6) is 0.239. The first-order valence-corrected chi connectivity index (χ1v) is 12.5. The molecule has 0 aliphatic heterocycles. The van der Waals surface area contributed by atoms with E-state index in [1.807, 2.05) is 64.1 Å². The molecule has 0 aliphatic carbocycles. The van der Waals surface area contributed by atoms with Crippen molar-refractivity contribution in [3.8, 4) is 5.69 Å². The minimum absolute atomic E-state index is 0.136. The number of nitrogens with one attached hydrogen (secondary N) is 2. The summed E-state index contributed by atoms with van der Waals surface area (Å²) in [4.78, 5) is 27.9. The summed E-state index contributed by atoms with van der Waals surface area (Å²) in [5, 5.41) is 10.8. The molecule has 0 spiro atoms. The van der Waals surface area contributed by atoms with Gasteiger partial charge in [-0.15, -0.1) is 0 Å². The standard InChI is InChI=1S/C29H39N5O3/c1-19-12-13-23(22(4)16-19)34-25(17-24(32-34)29(5,6)7)30-26(35)18-33(14-15-37-8)28(36)31-27-20(2)10-9-11-21(27)3/h9-13,16-17H,14-15,18H2,1-8H3,(H,30,35)(H,31,36). The molecule has 1 heterocycles. The van der Waals surface area contributed by atoms with Crippen LogP contribution in [0.1, 0.15) is 48.7 Å². The molecule has 0 bridgehead atoms. The first-order valence-electron chi connectivity index (χ1n) is 12.5. The Labute approximate surface area is 220 Å². The van der Waals surface area contributed by atoms with Crippen LogP contribution in [0.4, 0.5) is 16.3 Å². The first kappa shape index (κ1) is 27.9. The molecule has 3 aromatic rings. The number of aryl methyl sites for hydroxylation is 4. The third-order valence-electron chi connectivity index (χ3n) is 6.23.